The summed E-state index contributed by atoms with van der Waals surface area (Å²) in [5, 5.41) is 4.82. The van der Waals surface area contributed by atoms with Crippen molar-refractivity contribution >= 4 is 23.2 Å². The van der Waals surface area contributed by atoms with Crippen LogP contribution >= 0.6 is 11.3 Å². The zero-order valence-corrected chi connectivity index (χ0v) is 17.0. The summed E-state index contributed by atoms with van der Waals surface area (Å²) in [6.45, 7) is 4.45. The van der Waals surface area contributed by atoms with E-state index in [1.165, 1.54) is 18.3 Å². The Morgan fingerprint density at radius 2 is 1.93 bits per heavy atom. The third kappa shape index (κ3) is 5.72. The molecule has 0 aliphatic rings. The van der Waals surface area contributed by atoms with Gasteiger partial charge in [0.15, 0.2) is 11.5 Å². The maximum Gasteiger partial charge on any atom is 0.225 e. The van der Waals surface area contributed by atoms with Crippen molar-refractivity contribution in [3.63, 3.8) is 0 Å². The van der Waals surface area contributed by atoms with E-state index in [1.54, 1.807) is 19.1 Å². The summed E-state index contributed by atoms with van der Waals surface area (Å²) in [7, 11) is 3.18. The topological polar surface area (TPSA) is 67.9 Å². The largest absolute Gasteiger partial charge is 0.493 e. The Morgan fingerprint density at radius 1 is 1.19 bits per heavy atom. The Bertz CT molecular complexity index is 761. The fraction of sp³-hybridized carbons (Fsp3) is 0.400. The Labute approximate surface area is 164 Å². The molecule has 0 saturated heterocycles. The second-order valence-electron chi connectivity index (χ2n) is 6.07. The summed E-state index contributed by atoms with van der Waals surface area (Å²) in [6, 6.07) is 9.16. The molecule has 1 atom stereocenters. The molecule has 0 saturated carbocycles. The molecule has 0 aliphatic heterocycles. The number of nitrogens with zero attached hydrogens (tertiary/aromatic N) is 1. The van der Waals surface area contributed by atoms with Gasteiger partial charge < -0.3 is 19.7 Å². The van der Waals surface area contributed by atoms with E-state index in [1.807, 2.05) is 42.6 Å². The fourth-order valence-corrected chi connectivity index (χ4v) is 3.62. The number of nitrogens with one attached hydrogen (secondary N) is 1. The van der Waals surface area contributed by atoms with E-state index in [4.69, 9.17) is 9.47 Å². The Balaban J connectivity index is 2.11. The zero-order chi connectivity index (χ0) is 19.8. The molecular formula is C20H26N2O4S. The van der Waals surface area contributed by atoms with Crippen LogP contribution in [0, 0.1) is 0 Å². The van der Waals surface area contributed by atoms with Crippen molar-refractivity contribution < 1.29 is 19.1 Å². The van der Waals surface area contributed by atoms with Crippen LogP contribution in [-0.2, 0) is 16.1 Å². The molecule has 7 heteroatoms. The van der Waals surface area contributed by atoms with Crippen LogP contribution in [0.4, 0.5) is 0 Å². The SMILES string of the molecule is CCN(Cc1ccc(OC)c(OC)c1)C(=O)C[C@H](NC(C)=O)c1cccs1. The first kappa shape index (κ1) is 20.8. The van der Waals surface area contributed by atoms with Crippen LogP contribution in [0.2, 0.25) is 0 Å². The first-order chi connectivity index (χ1) is 13.0. The molecule has 0 bridgehead atoms. The van der Waals surface area contributed by atoms with E-state index in [0.717, 1.165) is 10.4 Å². The van der Waals surface area contributed by atoms with Gasteiger partial charge in [-0.3, -0.25) is 9.59 Å². The lowest BCUT2D eigenvalue weighted by Crippen LogP contribution is -2.35. The highest BCUT2D eigenvalue weighted by atomic mass is 32.1. The quantitative estimate of drug-likeness (QED) is 0.713. The summed E-state index contributed by atoms with van der Waals surface area (Å²) in [4.78, 5) is 27.1. The minimum Gasteiger partial charge on any atom is -0.493 e. The molecule has 0 spiro atoms. The Hall–Kier alpha value is -2.54. The molecule has 2 aromatic rings. The van der Waals surface area contributed by atoms with Gasteiger partial charge in [0.05, 0.1) is 26.7 Å². The number of carbonyl (C=O) groups is 2. The number of ether oxygens (including phenoxy) is 2. The minimum absolute atomic E-state index is 0.0144. The van der Waals surface area contributed by atoms with E-state index in [2.05, 4.69) is 5.32 Å². The van der Waals surface area contributed by atoms with Gasteiger partial charge in [-0.05, 0) is 36.1 Å². The van der Waals surface area contributed by atoms with Gasteiger partial charge in [0.25, 0.3) is 0 Å². The van der Waals surface area contributed by atoms with Gasteiger partial charge in [-0.1, -0.05) is 12.1 Å². The molecule has 1 aromatic heterocycles. The van der Waals surface area contributed by atoms with Crippen molar-refractivity contribution in [3.8, 4) is 11.5 Å². The lowest BCUT2D eigenvalue weighted by molar-refractivity contribution is -0.132. The number of hydrogen-bond acceptors (Lipinski definition) is 5. The predicted molar refractivity (Wildman–Crippen MR) is 106 cm³/mol. The third-order valence-electron chi connectivity index (χ3n) is 4.20. The molecule has 27 heavy (non-hydrogen) atoms. The summed E-state index contributed by atoms with van der Waals surface area (Å²) in [5.74, 6) is 1.12. The molecule has 2 amide bonds. The highest BCUT2D eigenvalue weighted by Gasteiger charge is 2.22. The van der Waals surface area contributed by atoms with Crippen molar-refractivity contribution in [2.24, 2.45) is 0 Å². The number of rotatable bonds is 9. The number of benzene rings is 1. The average molecular weight is 391 g/mol. The number of hydrogen-bond donors (Lipinski definition) is 1. The zero-order valence-electron chi connectivity index (χ0n) is 16.2. The molecule has 6 nitrogen and oxygen atoms in total. The molecule has 0 fully saturated rings. The molecule has 0 radical (unpaired) electrons. The van der Waals surface area contributed by atoms with Gasteiger partial charge in [0.2, 0.25) is 11.8 Å². The van der Waals surface area contributed by atoms with Crippen LogP contribution in [0.25, 0.3) is 0 Å². The van der Waals surface area contributed by atoms with Gasteiger partial charge in [0.1, 0.15) is 0 Å². The minimum atomic E-state index is -0.311. The highest BCUT2D eigenvalue weighted by molar-refractivity contribution is 7.10. The Morgan fingerprint density at radius 3 is 2.48 bits per heavy atom. The van der Waals surface area contributed by atoms with Crippen molar-refractivity contribution in [1.82, 2.24) is 10.2 Å². The monoisotopic (exact) mass is 390 g/mol. The van der Waals surface area contributed by atoms with Crippen molar-refractivity contribution in [2.75, 3.05) is 20.8 Å². The third-order valence-corrected chi connectivity index (χ3v) is 5.18. The lowest BCUT2D eigenvalue weighted by Gasteiger charge is -2.24. The molecule has 1 N–H and O–H groups in total. The van der Waals surface area contributed by atoms with E-state index in [0.29, 0.717) is 24.6 Å². The maximum atomic E-state index is 12.9. The average Bonchev–Trinajstić information content (AvgIpc) is 3.19. The van der Waals surface area contributed by atoms with Crippen LogP contribution in [-0.4, -0.2) is 37.5 Å². The first-order valence-electron chi connectivity index (χ1n) is 8.77. The number of methoxy groups -OCH3 is 2. The van der Waals surface area contributed by atoms with Crippen LogP contribution in [0.1, 0.15) is 36.8 Å². The van der Waals surface area contributed by atoms with E-state index < -0.39 is 0 Å². The summed E-state index contributed by atoms with van der Waals surface area (Å²) < 4.78 is 10.6. The summed E-state index contributed by atoms with van der Waals surface area (Å²) >= 11 is 1.53. The van der Waals surface area contributed by atoms with Crippen molar-refractivity contribution in [1.29, 1.82) is 0 Å². The van der Waals surface area contributed by atoms with Crippen LogP contribution in [0.3, 0.4) is 0 Å². The first-order valence-corrected chi connectivity index (χ1v) is 9.65. The second kappa shape index (κ2) is 9.97. The van der Waals surface area contributed by atoms with Crippen LogP contribution < -0.4 is 14.8 Å². The summed E-state index contributed by atoms with van der Waals surface area (Å²) in [5.41, 5.74) is 0.954. The van der Waals surface area contributed by atoms with Gasteiger partial charge in [-0.15, -0.1) is 11.3 Å². The lowest BCUT2D eigenvalue weighted by atomic mass is 10.1. The second-order valence-corrected chi connectivity index (χ2v) is 7.05. The molecule has 1 heterocycles. The van der Waals surface area contributed by atoms with E-state index in [9.17, 15) is 9.59 Å². The molecule has 2 rings (SSSR count). The molecule has 0 unspecified atom stereocenters. The van der Waals surface area contributed by atoms with E-state index >= 15 is 0 Å². The fourth-order valence-electron chi connectivity index (χ4n) is 2.84. The van der Waals surface area contributed by atoms with E-state index in [-0.39, 0.29) is 24.3 Å². The van der Waals surface area contributed by atoms with Gasteiger partial charge in [0, 0.05) is 24.9 Å². The maximum absolute atomic E-state index is 12.9. The number of amides is 2. The summed E-state index contributed by atoms with van der Waals surface area (Å²) in [6.07, 6.45) is 0.223. The Kier molecular flexibility index (Phi) is 7.67. The molecular weight excluding hydrogens is 364 g/mol. The number of thiophene rings is 1. The predicted octanol–water partition coefficient (Wildman–Crippen LogP) is 3.38. The van der Waals surface area contributed by atoms with Crippen LogP contribution in [0.5, 0.6) is 11.5 Å². The molecule has 1 aromatic carbocycles. The van der Waals surface area contributed by atoms with Crippen molar-refractivity contribution in [3.05, 3.63) is 46.2 Å². The van der Waals surface area contributed by atoms with Gasteiger partial charge in [-0.25, -0.2) is 0 Å². The number of carbonyl (C=O) groups excluding carboxylic acids is 2. The highest BCUT2D eigenvalue weighted by Crippen LogP contribution is 2.28. The van der Waals surface area contributed by atoms with Crippen LogP contribution in [0.15, 0.2) is 35.7 Å². The van der Waals surface area contributed by atoms with Gasteiger partial charge >= 0.3 is 0 Å². The van der Waals surface area contributed by atoms with Crippen molar-refractivity contribution in [2.45, 2.75) is 32.9 Å². The molecule has 0 aliphatic carbocycles. The standard InChI is InChI=1S/C20H26N2O4S/c1-5-22(13-15-8-9-17(25-3)18(11-15)26-4)20(24)12-16(21-14(2)23)19-7-6-10-27-19/h6-11,16H,5,12-13H2,1-4H3,(H,21,23)/t16-/m0/s1. The normalized spacial score (nSPS) is 11.6. The molecule has 146 valence electrons. The smallest absolute Gasteiger partial charge is 0.225 e. The van der Waals surface area contributed by atoms with Gasteiger partial charge in [-0.2, -0.15) is 0 Å².